The molecule has 7 nitrogen and oxygen atoms in total. The number of ether oxygens (including phenoxy) is 2. The molecule has 140 valence electrons. The van der Waals surface area contributed by atoms with Crippen molar-refractivity contribution in [2.24, 2.45) is 0 Å². The first-order valence-corrected chi connectivity index (χ1v) is 10.7. The number of amides is 2. The highest BCUT2D eigenvalue weighted by atomic mass is 33.1. The van der Waals surface area contributed by atoms with E-state index in [0.717, 1.165) is 5.56 Å². The summed E-state index contributed by atoms with van der Waals surface area (Å²) >= 11 is 0. The van der Waals surface area contributed by atoms with Crippen LogP contribution in [-0.2, 0) is 9.59 Å². The molecule has 1 aromatic carbocycles. The van der Waals surface area contributed by atoms with Gasteiger partial charge in [0, 0.05) is 14.0 Å². The standard InChI is InChI=1S/C18H17N3O4S2/c1-16(19-3)8-18-15(23)20(4)17(2,26-27-18)14(22)21(18)13(16)10-5-6-11-12(7-10)25-9-24-11/h5-7,13H,8-9H2,1-2,4H3/t13?,16-,17-,18-/m1/s1. The molecule has 0 N–H and O–H groups in total. The summed E-state index contributed by atoms with van der Waals surface area (Å²) in [7, 11) is 4.51. The van der Waals surface area contributed by atoms with Crippen LogP contribution in [0.15, 0.2) is 18.2 Å². The van der Waals surface area contributed by atoms with Crippen LogP contribution in [0.5, 0.6) is 11.5 Å². The summed E-state index contributed by atoms with van der Waals surface area (Å²) < 4.78 is 10.9. The summed E-state index contributed by atoms with van der Waals surface area (Å²) in [6.07, 6.45) is 0.297. The van der Waals surface area contributed by atoms with Crippen LogP contribution < -0.4 is 9.47 Å². The second-order valence-corrected chi connectivity index (χ2v) is 10.4. The first kappa shape index (κ1) is 17.1. The molecular weight excluding hydrogens is 386 g/mol. The van der Waals surface area contributed by atoms with Crippen LogP contribution in [0, 0.1) is 6.57 Å². The first-order chi connectivity index (χ1) is 12.8. The predicted molar refractivity (Wildman–Crippen MR) is 101 cm³/mol. The van der Waals surface area contributed by atoms with Gasteiger partial charge in [0.2, 0.25) is 6.79 Å². The number of carbonyl (C=O) groups is 2. The Balaban J connectivity index is 1.71. The third kappa shape index (κ3) is 1.85. The Kier molecular flexibility index (Phi) is 3.20. The molecule has 1 aromatic rings. The fourth-order valence-electron chi connectivity index (χ4n) is 4.48. The molecule has 0 radical (unpaired) electrons. The lowest BCUT2D eigenvalue weighted by atomic mass is 9.87. The Labute approximate surface area is 164 Å². The molecule has 5 aliphatic heterocycles. The van der Waals surface area contributed by atoms with E-state index >= 15 is 0 Å². The average molecular weight is 403 g/mol. The molecule has 2 amide bonds. The first-order valence-electron chi connectivity index (χ1n) is 8.54. The summed E-state index contributed by atoms with van der Waals surface area (Å²) in [4.78, 5) is 31.9. The molecule has 1 unspecified atom stereocenters. The van der Waals surface area contributed by atoms with E-state index in [-0.39, 0.29) is 18.6 Å². The molecule has 2 bridgehead atoms. The number of nitrogens with zero attached hydrogens (tertiary/aromatic N) is 3. The van der Waals surface area contributed by atoms with Gasteiger partial charge in [-0.1, -0.05) is 27.7 Å². The van der Waals surface area contributed by atoms with Gasteiger partial charge in [-0.3, -0.25) is 9.59 Å². The van der Waals surface area contributed by atoms with Gasteiger partial charge in [-0.15, -0.1) is 0 Å². The minimum Gasteiger partial charge on any atom is -0.454 e. The Bertz CT molecular complexity index is 949. The Hall–Kier alpha value is -2.05. The summed E-state index contributed by atoms with van der Waals surface area (Å²) in [5.74, 6) is 1.03. The molecule has 6 rings (SSSR count). The van der Waals surface area contributed by atoms with E-state index in [2.05, 4.69) is 4.85 Å². The molecule has 5 aliphatic rings. The van der Waals surface area contributed by atoms with Gasteiger partial charge in [0.1, 0.15) is 6.04 Å². The van der Waals surface area contributed by atoms with E-state index in [1.165, 1.54) is 21.6 Å². The van der Waals surface area contributed by atoms with Crippen LogP contribution in [0.25, 0.3) is 4.85 Å². The highest BCUT2D eigenvalue weighted by Gasteiger charge is 2.77. The van der Waals surface area contributed by atoms with E-state index in [0.29, 0.717) is 17.9 Å². The number of carbonyl (C=O) groups excluding carboxylic acids is 2. The molecular formula is C18H17N3O4S2. The van der Waals surface area contributed by atoms with Crippen molar-refractivity contribution in [2.75, 3.05) is 13.8 Å². The minimum absolute atomic E-state index is 0.105. The summed E-state index contributed by atoms with van der Waals surface area (Å²) in [6, 6.07) is 4.98. The zero-order valence-electron chi connectivity index (χ0n) is 15.0. The van der Waals surface area contributed by atoms with Crippen LogP contribution in [0.4, 0.5) is 0 Å². The highest BCUT2D eigenvalue weighted by molar-refractivity contribution is 8.78. The van der Waals surface area contributed by atoms with Crippen LogP contribution in [0.1, 0.15) is 31.9 Å². The van der Waals surface area contributed by atoms with E-state index in [9.17, 15) is 9.59 Å². The topological polar surface area (TPSA) is 63.4 Å². The van der Waals surface area contributed by atoms with E-state index < -0.39 is 21.3 Å². The van der Waals surface area contributed by atoms with Gasteiger partial charge in [0.15, 0.2) is 21.2 Å². The maximum Gasteiger partial charge on any atom is 0.262 e. The monoisotopic (exact) mass is 403 g/mol. The quantitative estimate of drug-likeness (QED) is 0.531. The van der Waals surface area contributed by atoms with Gasteiger partial charge in [0.25, 0.3) is 17.4 Å². The van der Waals surface area contributed by atoms with Crippen molar-refractivity contribution >= 4 is 33.4 Å². The Morgan fingerprint density at radius 3 is 2.67 bits per heavy atom. The molecule has 4 atom stereocenters. The lowest BCUT2D eigenvalue weighted by Gasteiger charge is -2.57. The molecule has 4 saturated heterocycles. The molecule has 1 spiro atoms. The van der Waals surface area contributed by atoms with Gasteiger partial charge in [0.05, 0.1) is 6.42 Å². The third-order valence-corrected chi connectivity index (χ3v) is 9.74. The highest BCUT2D eigenvalue weighted by Crippen LogP contribution is 2.68. The summed E-state index contributed by atoms with van der Waals surface area (Å²) in [6.45, 7) is 11.6. The van der Waals surface area contributed by atoms with Crippen LogP contribution in [-0.4, -0.2) is 50.7 Å². The SMILES string of the molecule is [C-]#[N+][C@]1(C)C[C@]23SS[C@](C)(C(=O)N2C1c1ccc2c(c1)OCO2)N(C)C3=O. The maximum absolute atomic E-state index is 13.5. The number of benzene rings is 1. The number of fused-ring (bicyclic) bond motifs is 3. The largest absolute Gasteiger partial charge is 0.454 e. The minimum atomic E-state index is -1.05. The van der Waals surface area contributed by atoms with Crippen molar-refractivity contribution in [3.8, 4) is 11.5 Å². The van der Waals surface area contributed by atoms with Gasteiger partial charge < -0.3 is 24.1 Å². The smallest absolute Gasteiger partial charge is 0.262 e. The number of hydrogen-bond acceptors (Lipinski definition) is 6. The van der Waals surface area contributed by atoms with Gasteiger partial charge >= 0.3 is 0 Å². The summed E-state index contributed by atoms with van der Waals surface area (Å²) in [5, 5.41) is 0. The summed E-state index contributed by atoms with van der Waals surface area (Å²) in [5.41, 5.74) is -0.122. The Morgan fingerprint density at radius 2 is 1.93 bits per heavy atom. The Morgan fingerprint density at radius 1 is 1.19 bits per heavy atom. The van der Waals surface area contributed by atoms with Crippen molar-refractivity contribution in [1.29, 1.82) is 0 Å². The van der Waals surface area contributed by atoms with E-state index in [1.54, 1.807) is 29.8 Å². The van der Waals surface area contributed by atoms with E-state index in [1.807, 2.05) is 19.1 Å². The molecule has 9 heteroatoms. The molecule has 27 heavy (non-hydrogen) atoms. The van der Waals surface area contributed by atoms with Crippen molar-refractivity contribution in [3.63, 3.8) is 0 Å². The third-order valence-electron chi connectivity index (χ3n) is 6.04. The fourth-order valence-corrected chi connectivity index (χ4v) is 8.05. The van der Waals surface area contributed by atoms with Crippen molar-refractivity contribution in [1.82, 2.24) is 9.80 Å². The second-order valence-electron chi connectivity index (χ2n) is 7.63. The zero-order chi connectivity index (χ0) is 19.2. The normalized spacial score (nSPS) is 39.0. The number of likely N-dealkylation sites (N-methyl/N-ethyl adjacent to an activating group) is 1. The average Bonchev–Trinajstić information content (AvgIpc) is 3.23. The van der Waals surface area contributed by atoms with Crippen molar-refractivity contribution < 1.29 is 19.1 Å². The number of rotatable bonds is 1. The second kappa shape index (κ2) is 5.06. The van der Waals surface area contributed by atoms with Gasteiger partial charge in [-0.2, -0.15) is 0 Å². The van der Waals surface area contributed by atoms with E-state index in [4.69, 9.17) is 16.0 Å². The predicted octanol–water partition coefficient (Wildman–Crippen LogP) is 2.65. The molecule has 5 heterocycles. The maximum atomic E-state index is 13.5. The van der Waals surface area contributed by atoms with Gasteiger partial charge in [-0.25, -0.2) is 6.57 Å². The lowest BCUT2D eigenvalue weighted by Crippen LogP contribution is -2.73. The van der Waals surface area contributed by atoms with Gasteiger partial charge in [-0.05, 0) is 24.6 Å². The number of hydrogen-bond donors (Lipinski definition) is 0. The lowest BCUT2D eigenvalue weighted by molar-refractivity contribution is -0.164. The van der Waals surface area contributed by atoms with Crippen LogP contribution >= 0.6 is 21.6 Å². The van der Waals surface area contributed by atoms with Crippen molar-refractivity contribution in [3.05, 3.63) is 35.2 Å². The van der Waals surface area contributed by atoms with Crippen molar-refractivity contribution in [2.45, 2.75) is 41.6 Å². The van der Waals surface area contributed by atoms with Crippen LogP contribution in [0.3, 0.4) is 0 Å². The molecule has 0 aliphatic carbocycles. The molecule has 4 fully saturated rings. The fraction of sp³-hybridized carbons (Fsp3) is 0.500. The number of piperazine rings is 1. The zero-order valence-corrected chi connectivity index (χ0v) is 16.6. The molecule has 0 aromatic heterocycles. The molecule has 0 saturated carbocycles. The van der Waals surface area contributed by atoms with Crippen LogP contribution in [0.2, 0.25) is 0 Å².